The Hall–Kier alpha value is -1.58. The Labute approximate surface area is 87.3 Å². The minimum absolute atomic E-state index is 0.674. The van der Waals surface area contributed by atoms with Crippen LogP contribution in [0.5, 0.6) is 0 Å². The standard InChI is InChI=1S/C11H12N4/c1-4-12-9-8(1)10(14-7-13-9)15-5-11(6-15)2-3-11/h1,4,7H,2-3,5-6H2,(H,12,13,14). The molecule has 76 valence electrons. The molecule has 4 heteroatoms. The van der Waals surface area contributed by atoms with E-state index in [-0.39, 0.29) is 0 Å². The summed E-state index contributed by atoms with van der Waals surface area (Å²) in [6.07, 6.45) is 6.39. The number of anilines is 1. The van der Waals surface area contributed by atoms with Gasteiger partial charge in [-0.05, 0) is 18.9 Å². The molecule has 1 spiro atoms. The van der Waals surface area contributed by atoms with Gasteiger partial charge in [-0.3, -0.25) is 0 Å². The van der Waals surface area contributed by atoms with Crippen molar-refractivity contribution in [2.75, 3.05) is 18.0 Å². The van der Waals surface area contributed by atoms with Gasteiger partial charge in [0.25, 0.3) is 0 Å². The first-order chi connectivity index (χ1) is 7.36. The van der Waals surface area contributed by atoms with Crippen LogP contribution in [-0.4, -0.2) is 28.0 Å². The van der Waals surface area contributed by atoms with Crippen LogP contribution in [0.1, 0.15) is 12.8 Å². The highest BCUT2D eigenvalue weighted by Gasteiger charge is 2.52. The van der Waals surface area contributed by atoms with Gasteiger partial charge in [-0.15, -0.1) is 0 Å². The predicted molar refractivity (Wildman–Crippen MR) is 57.8 cm³/mol. The molecule has 0 radical (unpaired) electrons. The van der Waals surface area contributed by atoms with E-state index in [9.17, 15) is 0 Å². The van der Waals surface area contributed by atoms with Crippen molar-refractivity contribution in [2.24, 2.45) is 5.41 Å². The average Bonchev–Trinajstić information content (AvgIpc) is 2.85. The monoisotopic (exact) mass is 200 g/mol. The zero-order chi connectivity index (χ0) is 9.88. The average molecular weight is 200 g/mol. The quantitative estimate of drug-likeness (QED) is 0.759. The van der Waals surface area contributed by atoms with Crippen molar-refractivity contribution in [3.8, 4) is 0 Å². The fourth-order valence-electron chi connectivity index (χ4n) is 2.52. The molecule has 4 nitrogen and oxygen atoms in total. The zero-order valence-electron chi connectivity index (χ0n) is 8.40. The minimum Gasteiger partial charge on any atom is -0.355 e. The van der Waals surface area contributed by atoms with E-state index in [0.29, 0.717) is 5.41 Å². The Morgan fingerprint density at radius 3 is 2.93 bits per heavy atom. The lowest BCUT2D eigenvalue weighted by molar-refractivity contribution is 0.385. The van der Waals surface area contributed by atoms with Crippen LogP contribution in [-0.2, 0) is 0 Å². The molecule has 2 fully saturated rings. The molecule has 15 heavy (non-hydrogen) atoms. The van der Waals surface area contributed by atoms with E-state index >= 15 is 0 Å². The fraction of sp³-hybridized carbons (Fsp3) is 0.455. The third-order valence-electron chi connectivity index (χ3n) is 3.64. The predicted octanol–water partition coefficient (Wildman–Crippen LogP) is 1.56. The summed E-state index contributed by atoms with van der Waals surface area (Å²) in [4.78, 5) is 14.1. The van der Waals surface area contributed by atoms with Crippen LogP contribution >= 0.6 is 0 Å². The molecule has 0 amide bonds. The summed E-state index contributed by atoms with van der Waals surface area (Å²) in [6, 6.07) is 2.06. The molecule has 1 aliphatic carbocycles. The van der Waals surface area contributed by atoms with Crippen LogP contribution in [0.15, 0.2) is 18.6 Å². The van der Waals surface area contributed by atoms with Crippen molar-refractivity contribution in [3.05, 3.63) is 18.6 Å². The normalized spacial score (nSPS) is 22.0. The molecular weight excluding hydrogens is 188 g/mol. The summed E-state index contributed by atoms with van der Waals surface area (Å²) in [5, 5.41) is 1.15. The number of fused-ring (bicyclic) bond motifs is 1. The van der Waals surface area contributed by atoms with E-state index in [1.807, 2.05) is 6.20 Å². The van der Waals surface area contributed by atoms with Gasteiger partial charge in [0.15, 0.2) is 0 Å². The highest BCUT2D eigenvalue weighted by atomic mass is 15.3. The molecular formula is C11H12N4. The van der Waals surface area contributed by atoms with Crippen LogP contribution < -0.4 is 4.90 Å². The number of hydrogen-bond acceptors (Lipinski definition) is 3. The number of rotatable bonds is 1. The molecule has 3 heterocycles. The largest absolute Gasteiger partial charge is 0.355 e. The highest BCUT2D eigenvalue weighted by Crippen LogP contribution is 2.54. The molecule has 1 saturated carbocycles. The first kappa shape index (κ1) is 7.68. The number of nitrogens with zero attached hydrogens (tertiary/aromatic N) is 3. The van der Waals surface area contributed by atoms with Crippen molar-refractivity contribution in [1.82, 2.24) is 15.0 Å². The van der Waals surface area contributed by atoms with Gasteiger partial charge in [0.05, 0.1) is 5.39 Å². The summed E-state index contributed by atoms with van der Waals surface area (Å²) in [5.41, 5.74) is 1.62. The highest BCUT2D eigenvalue weighted by molar-refractivity contribution is 5.87. The Balaban J connectivity index is 1.77. The lowest BCUT2D eigenvalue weighted by Gasteiger charge is -2.41. The molecule has 0 aromatic carbocycles. The van der Waals surface area contributed by atoms with Gasteiger partial charge in [-0.25, -0.2) is 9.97 Å². The number of H-pyrrole nitrogens is 1. The molecule has 0 unspecified atom stereocenters. The van der Waals surface area contributed by atoms with Crippen LogP contribution in [0, 0.1) is 5.41 Å². The molecule has 0 atom stereocenters. The van der Waals surface area contributed by atoms with Crippen molar-refractivity contribution >= 4 is 16.9 Å². The van der Waals surface area contributed by atoms with Gasteiger partial charge < -0.3 is 9.88 Å². The Bertz CT molecular complexity index is 518. The zero-order valence-corrected chi connectivity index (χ0v) is 8.40. The molecule has 2 aromatic rings. The van der Waals surface area contributed by atoms with Gasteiger partial charge in [0.1, 0.15) is 17.8 Å². The van der Waals surface area contributed by atoms with E-state index in [0.717, 1.165) is 16.9 Å². The lowest BCUT2D eigenvalue weighted by atomic mass is 9.97. The summed E-state index contributed by atoms with van der Waals surface area (Å²) >= 11 is 0. The summed E-state index contributed by atoms with van der Waals surface area (Å²) in [7, 11) is 0. The van der Waals surface area contributed by atoms with Crippen LogP contribution in [0.4, 0.5) is 5.82 Å². The third-order valence-corrected chi connectivity index (χ3v) is 3.64. The maximum atomic E-state index is 4.39. The van der Waals surface area contributed by atoms with E-state index in [2.05, 4.69) is 25.9 Å². The van der Waals surface area contributed by atoms with Crippen LogP contribution in [0.2, 0.25) is 0 Å². The molecule has 1 saturated heterocycles. The molecule has 0 bridgehead atoms. The van der Waals surface area contributed by atoms with Crippen molar-refractivity contribution in [3.63, 3.8) is 0 Å². The Morgan fingerprint density at radius 2 is 2.13 bits per heavy atom. The van der Waals surface area contributed by atoms with Gasteiger partial charge in [0.2, 0.25) is 0 Å². The first-order valence-electron chi connectivity index (χ1n) is 5.39. The smallest absolute Gasteiger partial charge is 0.142 e. The minimum atomic E-state index is 0.674. The second-order valence-corrected chi connectivity index (χ2v) is 4.79. The molecule has 2 aromatic heterocycles. The second kappa shape index (κ2) is 2.32. The maximum absolute atomic E-state index is 4.39. The SMILES string of the molecule is c1nc(N2CC3(CC3)C2)c2cc[nH]c2n1. The van der Waals surface area contributed by atoms with Gasteiger partial charge in [0, 0.05) is 24.7 Å². The van der Waals surface area contributed by atoms with Crippen molar-refractivity contribution in [2.45, 2.75) is 12.8 Å². The van der Waals surface area contributed by atoms with Gasteiger partial charge >= 0.3 is 0 Å². The van der Waals surface area contributed by atoms with Crippen molar-refractivity contribution in [1.29, 1.82) is 0 Å². The summed E-state index contributed by atoms with van der Waals surface area (Å²) in [6.45, 7) is 2.37. The molecule has 1 N–H and O–H groups in total. The van der Waals surface area contributed by atoms with Crippen molar-refractivity contribution < 1.29 is 0 Å². The summed E-state index contributed by atoms with van der Waals surface area (Å²) in [5.74, 6) is 1.10. The number of aromatic amines is 1. The fourth-order valence-corrected chi connectivity index (χ4v) is 2.52. The number of nitrogens with one attached hydrogen (secondary N) is 1. The van der Waals surface area contributed by atoms with E-state index < -0.39 is 0 Å². The van der Waals surface area contributed by atoms with Crippen LogP contribution in [0.25, 0.3) is 11.0 Å². The second-order valence-electron chi connectivity index (χ2n) is 4.79. The first-order valence-corrected chi connectivity index (χ1v) is 5.39. The Morgan fingerprint density at radius 1 is 1.27 bits per heavy atom. The van der Waals surface area contributed by atoms with Gasteiger partial charge in [-0.1, -0.05) is 0 Å². The van der Waals surface area contributed by atoms with Crippen LogP contribution in [0.3, 0.4) is 0 Å². The summed E-state index contributed by atoms with van der Waals surface area (Å²) < 4.78 is 0. The third kappa shape index (κ3) is 0.963. The van der Waals surface area contributed by atoms with E-state index in [4.69, 9.17) is 0 Å². The van der Waals surface area contributed by atoms with E-state index in [1.165, 1.54) is 25.9 Å². The molecule has 2 aliphatic rings. The number of aromatic nitrogens is 3. The van der Waals surface area contributed by atoms with Gasteiger partial charge in [-0.2, -0.15) is 0 Å². The van der Waals surface area contributed by atoms with E-state index in [1.54, 1.807) is 6.33 Å². The maximum Gasteiger partial charge on any atom is 0.142 e. The number of hydrogen-bond donors (Lipinski definition) is 1. The molecule has 4 rings (SSSR count). The topological polar surface area (TPSA) is 44.8 Å². The lowest BCUT2D eigenvalue weighted by Crippen LogP contribution is -2.48. The Kier molecular flexibility index (Phi) is 1.19. The molecule has 1 aliphatic heterocycles.